The summed E-state index contributed by atoms with van der Waals surface area (Å²) in [4.78, 5) is 0. The SMILES string of the molecule is O=S(=O)(CCCCF)NS(=O)(=O)C(F)(F)F.[LiH]. The number of alkyl halides is 4. The van der Waals surface area contributed by atoms with E-state index in [1.54, 1.807) is 0 Å². The van der Waals surface area contributed by atoms with Crippen LogP contribution in [0.2, 0.25) is 0 Å². The molecule has 0 heterocycles. The van der Waals surface area contributed by atoms with Crippen molar-refractivity contribution in [1.29, 1.82) is 0 Å². The van der Waals surface area contributed by atoms with Gasteiger partial charge in [-0.25, -0.2) is 16.8 Å². The Bertz CT molecular complexity index is 418. The molecule has 0 amide bonds. The molecule has 0 radical (unpaired) electrons. The molecule has 0 aliphatic rings. The van der Waals surface area contributed by atoms with Crippen molar-refractivity contribution in [2.75, 3.05) is 12.4 Å². The summed E-state index contributed by atoms with van der Waals surface area (Å²) in [6, 6.07) is 0. The van der Waals surface area contributed by atoms with E-state index >= 15 is 0 Å². The summed E-state index contributed by atoms with van der Waals surface area (Å²) in [5.41, 5.74) is -5.69. The van der Waals surface area contributed by atoms with Crippen LogP contribution in [0, 0.1) is 0 Å². The fourth-order valence-electron chi connectivity index (χ4n) is 0.643. The van der Waals surface area contributed by atoms with Crippen LogP contribution < -0.4 is 4.13 Å². The molecule has 12 heteroatoms. The van der Waals surface area contributed by atoms with Gasteiger partial charge in [-0.15, -0.1) is 4.13 Å². The maximum atomic E-state index is 11.8. The Morgan fingerprint density at radius 1 is 1.00 bits per heavy atom. The average molecular weight is 295 g/mol. The van der Waals surface area contributed by atoms with Gasteiger partial charge in [-0.3, -0.25) is 4.39 Å². The van der Waals surface area contributed by atoms with Crippen molar-refractivity contribution in [3.05, 3.63) is 0 Å². The molecule has 0 fully saturated rings. The first-order chi connectivity index (χ1) is 7.02. The predicted molar refractivity (Wildman–Crippen MR) is 54.3 cm³/mol. The van der Waals surface area contributed by atoms with Gasteiger partial charge in [0.2, 0.25) is 10.0 Å². The maximum absolute atomic E-state index is 11.8. The van der Waals surface area contributed by atoms with E-state index in [-0.39, 0.29) is 31.7 Å². The Labute approximate surface area is 108 Å². The van der Waals surface area contributed by atoms with Crippen molar-refractivity contribution in [2.24, 2.45) is 0 Å². The summed E-state index contributed by atoms with van der Waals surface area (Å²) < 4.78 is 90.0. The molecule has 0 spiro atoms. The molecule has 0 rings (SSSR count). The topological polar surface area (TPSA) is 80.3 Å². The van der Waals surface area contributed by atoms with E-state index < -0.39 is 38.0 Å². The number of hydrogen-bond acceptors (Lipinski definition) is 4. The van der Waals surface area contributed by atoms with E-state index in [0.717, 1.165) is 0 Å². The van der Waals surface area contributed by atoms with Crippen LogP contribution in [0.5, 0.6) is 0 Å². The number of halogens is 4. The van der Waals surface area contributed by atoms with Crippen LogP contribution in [0.1, 0.15) is 12.8 Å². The van der Waals surface area contributed by atoms with Gasteiger partial charge in [-0.05, 0) is 12.8 Å². The van der Waals surface area contributed by atoms with Crippen molar-refractivity contribution in [3.63, 3.8) is 0 Å². The van der Waals surface area contributed by atoms with Gasteiger partial charge >= 0.3 is 34.4 Å². The summed E-state index contributed by atoms with van der Waals surface area (Å²) in [5.74, 6) is -0.883. The molecule has 0 aromatic carbocycles. The van der Waals surface area contributed by atoms with E-state index in [1.807, 2.05) is 0 Å². The number of nitrogens with one attached hydrogen (secondary N) is 1. The molecule has 0 saturated carbocycles. The molecular weight excluding hydrogens is 285 g/mol. The number of sulfonamides is 2. The molecule has 0 aromatic heterocycles. The van der Waals surface area contributed by atoms with Crippen molar-refractivity contribution < 1.29 is 34.4 Å². The van der Waals surface area contributed by atoms with Crippen LogP contribution in [0.3, 0.4) is 0 Å². The predicted octanol–water partition coefficient (Wildman–Crippen LogP) is -0.143. The molecule has 17 heavy (non-hydrogen) atoms. The Balaban J connectivity index is 0. The fraction of sp³-hybridized carbons (Fsp3) is 1.00. The standard InChI is InChI=1S/C5H9F4NO4S2.Li.H/c6-3-1-2-4-15(11,12)10-16(13,14)5(7,8)9;;/h10H,1-4H2;;. The number of hydrogen-bond donors (Lipinski definition) is 1. The Morgan fingerprint density at radius 2 is 1.47 bits per heavy atom. The van der Waals surface area contributed by atoms with Crippen LogP contribution in [0.4, 0.5) is 17.6 Å². The van der Waals surface area contributed by atoms with E-state index in [1.165, 1.54) is 0 Å². The molecule has 5 nitrogen and oxygen atoms in total. The van der Waals surface area contributed by atoms with Gasteiger partial charge in [0.25, 0.3) is 0 Å². The summed E-state index contributed by atoms with van der Waals surface area (Å²) >= 11 is 0. The third-order valence-corrected chi connectivity index (χ3v) is 4.67. The third kappa shape index (κ3) is 7.25. The summed E-state index contributed by atoms with van der Waals surface area (Å²) in [5, 5.41) is 0. The van der Waals surface area contributed by atoms with Crippen LogP contribution in [-0.4, -0.2) is 53.6 Å². The quantitative estimate of drug-likeness (QED) is 0.420. The Kier molecular flexibility index (Phi) is 7.96. The zero-order chi connectivity index (χ0) is 13.0. The molecular formula is C5H10F4LiNO4S2. The summed E-state index contributed by atoms with van der Waals surface area (Å²) in [6.07, 6.45) is -0.438. The van der Waals surface area contributed by atoms with Crippen LogP contribution in [0.15, 0.2) is 0 Å². The first kappa shape index (κ1) is 19.5. The second kappa shape index (κ2) is 6.94. The monoisotopic (exact) mass is 295 g/mol. The zero-order valence-electron chi connectivity index (χ0n) is 7.79. The van der Waals surface area contributed by atoms with Gasteiger partial charge in [0.15, 0.2) is 0 Å². The van der Waals surface area contributed by atoms with E-state index in [4.69, 9.17) is 0 Å². The van der Waals surface area contributed by atoms with Crippen LogP contribution >= 0.6 is 0 Å². The molecule has 0 saturated heterocycles. The van der Waals surface area contributed by atoms with E-state index in [0.29, 0.717) is 4.13 Å². The normalized spacial score (nSPS) is 13.2. The van der Waals surface area contributed by atoms with Crippen LogP contribution in [-0.2, 0) is 20.0 Å². The van der Waals surface area contributed by atoms with Crippen molar-refractivity contribution >= 4 is 38.9 Å². The second-order valence-electron chi connectivity index (χ2n) is 2.75. The number of unbranched alkanes of at least 4 members (excludes halogenated alkanes) is 1. The molecule has 0 aliphatic carbocycles. The molecule has 100 valence electrons. The number of rotatable bonds is 6. The van der Waals surface area contributed by atoms with Crippen molar-refractivity contribution in [3.8, 4) is 0 Å². The molecule has 0 atom stereocenters. The second-order valence-corrected chi connectivity index (χ2v) is 6.52. The first-order valence-corrected chi connectivity index (χ1v) is 7.04. The van der Waals surface area contributed by atoms with Gasteiger partial charge in [-0.2, -0.15) is 13.2 Å². The Hall–Kier alpha value is 0.177. The summed E-state index contributed by atoms with van der Waals surface area (Å²) in [7, 11) is -10.5. The molecule has 1 N–H and O–H groups in total. The molecule has 0 bridgehead atoms. The molecule has 0 aromatic rings. The van der Waals surface area contributed by atoms with Gasteiger partial charge in [0.1, 0.15) is 0 Å². The van der Waals surface area contributed by atoms with Crippen molar-refractivity contribution in [2.45, 2.75) is 18.3 Å². The molecule has 0 unspecified atom stereocenters. The minimum atomic E-state index is -5.92. The van der Waals surface area contributed by atoms with Gasteiger partial charge in [0.05, 0.1) is 12.4 Å². The summed E-state index contributed by atoms with van der Waals surface area (Å²) in [6.45, 7) is -0.832. The zero-order valence-corrected chi connectivity index (χ0v) is 9.42. The average Bonchev–Trinajstić information content (AvgIpc) is 1.99. The van der Waals surface area contributed by atoms with Crippen molar-refractivity contribution in [1.82, 2.24) is 4.13 Å². The van der Waals surface area contributed by atoms with Gasteiger partial charge in [0, 0.05) is 0 Å². The minimum absolute atomic E-state index is 0. The fourth-order valence-corrected chi connectivity index (χ4v) is 3.28. The van der Waals surface area contributed by atoms with E-state index in [2.05, 4.69) is 0 Å². The van der Waals surface area contributed by atoms with E-state index in [9.17, 15) is 34.4 Å². The van der Waals surface area contributed by atoms with Crippen LogP contribution in [0.25, 0.3) is 0 Å². The first-order valence-electron chi connectivity index (χ1n) is 3.90. The Morgan fingerprint density at radius 3 is 1.82 bits per heavy atom. The van der Waals surface area contributed by atoms with Gasteiger partial charge in [-0.1, -0.05) is 0 Å². The third-order valence-electron chi connectivity index (χ3n) is 1.34. The molecule has 0 aliphatic heterocycles. The van der Waals surface area contributed by atoms with Gasteiger partial charge < -0.3 is 0 Å².